The van der Waals surface area contributed by atoms with Crippen LogP contribution in [0.5, 0.6) is 0 Å². The summed E-state index contributed by atoms with van der Waals surface area (Å²) < 4.78 is 0. The molecule has 1 saturated heterocycles. The van der Waals surface area contributed by atoms with Gasteiger partial charge in [0.2, 0.25) is 11.8 Å². The molecule has 1 aromatic rings. The molecule has 1 heterocycles. The van der Waals surface area contributed by atoms with Gasteiger partial charge in [0.15, 0.2) is 0 Å². The molecule has 2 amide bonds. The number of benzene rings is 1. The first kappa shape index (κ1) is 16.8. The molecule has 1 aliphatic rings. The van der Waals surface area contributed by atoms with Crippen LogP contribution in [0.3, 0.4) is 0 Å². The van der Waals surface area contributed by atoms with E-state index in [1.165, 1.54) is 0 Å². The molecule has 0 spiro atoms. The standard InChI is InChI=1S/C16H22ClN3O2/c1-3-18-11(2)9-19-16(22)12-8-15(21)20(10-12)14-7-5-4-6-13(14)17/h4-7,11-12,18H,3,8-10H2,1-2H3,(H,19,22)/t11-,12?/m1/s1. The van der Waals surface area contributed by atoms with E-state index >= 15 is 0 Å². The van der Waals surface area contributed by atoms with Gasteiger partial charge in [0.1, 0.15) is 0 Å². The second-order valence-electron chi connectivity index (χ2n) is 5.56. The quantitative estimate of drug-likeness (QED) is 0.839. The molecule has 1 fully saturated rings. The van der Waals surface area contributed by atoms with Gasteiger partial charge in [0.25, 0.3) is 0 Å². The Morgan fingerprint density at radius 3 is 2.86 bits per heavy atom. The number of nitrogens with zero attached hydrogens (tertiary/aromatic N) is 1. The summed E-state index contributed by atoms with van der Waals surface area (Å²) in [4.78, 5) is 26.0. The van der Waals surface area contributed by atoms with Crippen LogP contribution in [0.4, 0.5) is 5.69 Å². The molecular formula is C16H22ClN3O2. The van der Waals surface area contributed by atoms with Crippen LogP contribution in [0, 0.1) is 5.92 Å². The number of nitrogens with one attached hydrogen (secondary N) is 2. The number of hydrogen-bond acceptors (Lipinski definition) is 3. The smallest absolute Gasteiger partial charge is 0.227 e. The maximum absolute atomic E-state index is 12.2. The van der Waals surface area contributed by atoms with Gasteiger partial charge in [-0.25, -0.2) is 0 Å². The third kappa shape index (κ3) is 3.99. The fourth-order valence-corrected chi connectivity index (χ4v) is 2.84. The first-order chi connectivity index (χ1) is 10.5. The van der Waals surface area contributed by atoms with Gasteiger partial charge in [-0.15, -0.1) is 0 Å². The minimum Gasteiger partial charge on any atom is -0.354 e. The highest BCUT2D eigenvalue weighted by molar-refractivity contribution is 6.33. The van der Waals surface area contributed by atoms with Gasteiger partial charge in [-0.1, -0.05) is 30.7 Å². The zero-order valence-electron chi connectivity index (χ0n) is 12.9. The van der Waals surface area contributed by atoms with E-state index in [9.17, 15) is 9.59 Å². The Morgan fingerprint density at radius 2 is 2.18 bits per heavy atom. The fourth-order valence-electron chi connectivity index (χ4n) is 2.61. The summed E-state index contributed by atoms with van der Waals surface area (Å²) in [5, 5.41) is 6.66. The van der Waals surface area contributed by atoms with Crippen LogP contribution in [-0.4, -0.2) is 37.5 Å². The van der Waals surface area contributed by atoms with Crippen LogP contribution < -0.4 is 15.5 Å². The van der Waals surface area contributed by atoms with E-state index in [1.807, 2.05) is 26.0 Å². The molecule has 0 aromatic heterocycles. The molecule has 0 bridgehead atoms. The van der Waals surface area contributed by atoms with Crippen molar-refractivity contribution in [1.29, 1.82) is 0 Å². The maximum Gasteiger partial charge on any atom is 0.227 e. The lowest BCUT2D eigenvalue weighted by Gasteiger charge is -2.18. The first-order valence-corrected chi connectivity index (χ1v) is 7.96. The van der Waals surface area contributed by atoms with Crippen molar-refractivity contribution in [1.82, 2.24) is 10.6 Å². The average molecular weight is 324 g/mol. The molecule has 120 valence electrons. The molecule has 2 rings (SSSR count). The number of rotatable bonds is 6. The van der Waals surface area contributed by atoms with E-state index in [4.69, 9.17) is 11.6 Å². The lowest BCUT2D eigenvalue weighted by Crippen LogP contribution is -2.41. The van der Waals surface area contributed by atoms with E-state index in [0.29, 0.717) is 23.8 Å². The predicted octanol–water partition coefficient (Wildman–Crippen LogP) is 1.81. The number of carbonyl (C=O) groups is 2. The molecule has 2 atom stereocenters. The molecule has 6 heteroatoms. The molecule has 1 unspecified atom stereocenters. The summed E-state index contributed by atoms with van der Waals surface area (Å²) in [5.74, 6) is -0.460. The largest absolute Gasteiger partial charge is 0.354 e. The SMILES string of the molecule is CCN[C@H](C)CNC(=O)C1CC(=O)N(c2ccccc2Cl)C1. The molecular weight excluding hydrogens is 302 g/mol. The van der Waals surface area contributed by atoms with Crippen molar-refractivity contribution >= 4 is 29.1 Å². The van der Waals surface area contributed by atoms with Gasteiger partial charge in [0, 0.05) is 25.6 Å². The van der Waals surface area contributed by atoms with Crippen molar-refractivity contribution in [3.8, 4) is 0 Å². The highest BCUT2D eigenvalue weighted by atomic mass is 35.5. The molecule has 1 aliphatic heterocycles. The van der Waals surface area contributed by atoms with E-state index in [1.54, 1.807) is 17.0 Å². The second kappa shape index (κ2) is 7.61. The minimum absolute atomic E-state index is 0.0621. The van der Waals surface area contributed by atoms with E-state index in [2.05, 4.69) is 10.6 Å². The summed E-state index contributed by atoms with van der Waals surface area (Å²) in [5.41, 5.74) is 0.672. The average Bonchev–Trinajstić information content (AvgIpc) is 2.87. The van der Waals surface area contributed by atoms with Crippen LogP contribution >= 0.6 is 11.6 Å². The molecule has 22 heavy (non-hydrogen) atoms. The van der Waals surface area contributed by atoms with Crippen molar-refractivity contribution in [2.75, 3.05) is 24.5 Å². The summed E-state index contributed by atoms with van der Waals surface area (Å²) >= 11 is 6.13. The van der Waals surface area contributed by atoms with Crippen molar-refractivity contribution in [2.45, 2.75) is 26.3 Å². The van der Waals surface area contributed by atoms with Gasteiger partial charge in [0.05, 0.1) is 16.6 Å². The lowest BCUT2D eigenvalue weighted by molar-refractivity contribution is -0.126. The Hall–Kier alpha value is -1.59. The Labute approximate surface area is 136 Å². The molecule has 5 nitrogen and oxygen atoms in total. The van der Waals surface area contributed by atoms with Crippen molar-refractivity contribution in [2.24, 2.45) is 5.92 Å². The van der Waals surface area contributed by atoms with E-state index in [-0.39, 0.29) is 30.2 Å². The lowest BCUT2D eigenvalue weighted by atomic mass is 10.1. The maximum atomic E-state index is 12.2. The van der Waals surface area contributed by atoms with E-state index in [0.717, 1.165) is 6.54 Å². The summed E-state index contributed by atoms with van der Waals surface area (Å²) in [6.07, 6.45) is 0.229. The van der Waals surface area contributed by atoms with Gasteiger partial charge < -0.3 is 15.5 Å². The molecule has 1 aromatic carbocycles. The Kier molecular flexibility index (Phi) is 5.80. The third-order valence-corrected chi connectivity index (χ3v) is 4.09. The molecule has 2 N–H and O–H groups in total. The number of hydrogen-bond donors (Lipinski definition) is 2. The number of para-hydroxylation sites is 1. The number of amides is 2. The number of anilines is 1. The minimum atomic E-state index is -0.322. The first-order valence-electron chi connectivity index (χ1n) is 7.59. The van der Waals surface area contributed by atoms with Crippen molar-refractivity contribution in [3.05, 3.63) is 29.3 Å². The summed E-state index contributed by atoms with van der Waals surface area (Å²) in [7, 11) is 0. The number of likely N-dealkylation sites (N-methyl/N-ethyl adjacent to an activating group) is 1. The molecule has 0 aliphatic carbocycles. The van der Waals surface area contributed by atoms with Crippen LogP contribution in [0.2, 0.25) is 5.02 Å². The molecule has 0 radical (unpaired) electrons. The summed E-state index contributed by atoms with van der Waals surface area (Å²) in [6, 6.07) is 7.41. The second-order valence-corrected chi connectivity index (χ2v) is 5.97. The van der Waals surface area contributed by atoms with Crippen LogP contribution in [0.1, 0.15) is 20.3 Å². The molecule has 0 saturated carbocycles. The Balaban J connectivity index is 1.94. The van der Waals surface area contributed by atoms with Gasteiger partial charge >= 0.3 is 0 Å². The third-order valence-electron chi connectivity index (χ3n) is 3.77. The van der Waals surface area contributed by atoms with Crippen molar-refractivity contribution < 1.29 is 9.59 Å². The zero-order chi connectivity index (χ0) is 16.1. The summed E-state index contributed by atoms with van der Waals surface area (Å²) in [6.45, 7) is 5.84. The highest BCUT2D eigenvalue weighted by Crippen LogP contribution is 2.30. The van der Waals surface area contributed by atoms with Crippen LogP contribution in [0.25, 0.3) is 0 Å². The van der Waals surface area contributed by atoms with Gasteiger partial charge in [-0.2, -0.15) is 0 Å². The van der Waals surface area contributed by atoms with Gasteiger partial charge in [-0.05, 0) is 25.6 Å². The monoisotopic (exact) mass is 323 g/mol. The predicted molar refractivity (Wildman–Crippen MR) is 88.1 cm³/mol. The van der Waals surface area contributed by atoms with Crippen LogP contribution in [-0.2, 0) is 9.59 Å². The van der Waals surface area contributed by atoms with E-state index < -0.39 is 0 Å². The van der Waals surface area contributed by atoms with Crippen molar-refractivity contribution in [3.63, 3.8) is 0 Å². The Morgan fingerprint density at radius 1 is 1.45 bits per heavy atom. The fraction of sp³-hybridized carbons (Fsp3) is 0.500. The highest BCUT2D eigenvalue weighted by Gasteiger charge is 2.35. The van der Waals surface area contributed by atoms with Crippen LogP contribution in [0.15, 0.2) is 24.3 Å². The zero-order valence-corrected chi connectivity index (χ0v) is 13.7. The normalized spacial score (nSPS) is 19.3. The topological polar surface area (TPSA) is 61.4 Å². The van der Waals surface area contributed by atoms with Gasteiger partial charge in [-0.3, -0.25) is 9.59 Å². The Bertz CT molecular complexity index is 550. The number of halogens is 1. The number of carbonyl (C=O) groups excluding carboxylic acids is 2.